The third-order valence-electron chi connectivity index (χ3n) is 2.97. The molecule has 0 unspecified atom stereocenters. The molecule has 0 saturated heterocycles. The second kappa shape index (κ2) is 6.39. The van der Waals surface area contributed by atoms with Crippen molar-refractivity contribution < 1.29 is 14.3 Å². The summed E-state index contributed by atoms with van der Waals surface area (Å²) in [6, 6.07) is 3.77. The van der Waals surface area contributed by atoms with Crippen LogP contribution in [-0.2, 0) is 4.84 Å². The molecule has 1 aromatic carbocycles. The largest absolute Gasteiger partial charge is 0.486 e. The highest BCUT2D eigenvalue weighted by molar-refractivity contribution is 9.10. The Hall–Kier alpha value is -2.02. The third kappa shape index (κ3) is 3.09. The lowest BCUT2D eigenvalue weighted by Gasteiger charge is -2.20. The van der Waals surface area contributed by atoms with Crippen LogP contribution in [0.2, 0.25) is 0 Å². The number of hydrogen-bond donors (Lipinski definition) is 0. The molecule has 116 valence electrons. The summed E-state index contributed by atoms with van der Waals surface area (Å²) in [7, 11) is 0. The number of oxime groups is 1. The van der Waals surface area contributed by atoms with Gasteiger partial charge in [0.05, 0.1) is 0 Å². The van der Waals surface area contributed by atoms with Gasteiger partial charge in [0.1, 0.15) is 25.6 Å². The van der Waals surface area contributed by atoms with E-state index in [4.69, 9.17) is 14.3 Å². The number of halogens is 1. The van der Waals surface area contributed by atoms with Gasteiger partial charge in [-0.05, 0) is 41.9 Å². The van der Waals surface area contributed by atoms with Gasteiger partial charge in [0, 0.05) is 22.4 Å². The van der Waals surface area contributed by atoms with Crippen LogP contribution in [0.15, 0.2) is 40.5 Å². The van der Waals surface area contributed by atoms with Gasteiger partial charge in [0.15, 0.2) is 17.3 Å². The first-order valence-corrected chi connectivity index (χ1v) is 7.76. The van der Waals surface area contributed by atoms with E-state index in [1.54, 1.807) is 17.1 Å². The minimum absolute atomic E-state index is 0.0190. The highest BCUT2D eigenvalue weighted by Gasteiger charge is 2.19. The zero-order valence-corrected chi connectivity index (χ0v) is 13.9. The lowest BCUT2D eigenvalue weighted by atomic mass is 10.1. The van der Waals surface area contributed by atoms with Crippen LogP contribution in [0.25, 0.3) is 0 Å². The van der Waals surface area contributed by atoms with Crippen LogP contribution in [0.5, 0.6) is 11.5 Å². The Balaban J connectivity index is 2.06. The summed E-state index contributed by atoms with van der Waals surface area (Å²) in [5, 5.41) is 4.26. The molecular formula is C15H16BrN3O3. The van der Waals surface area contributed by atoms with Crippen molar-refractivity contribution in [3.8, 4) is 11.5 Å². The van der Waals surface area contributed by atoms with Crippen molar-refractivity contribution >= 4 is 21.8 Å². The highest BCUT2D eigenvalue weighted by Crippen LogP contribution is 2.36. The SMILES string of the molecule is CC(C)O/N=C(/c1cc2c(cc1Br)OCCO2)n1ccnc1. The molecule has 2 aromatic rings. The van der Waals surface area contributed by atoms with Crippen LogP contribution < -0.4 is 9.47 Å². The Kier molecular flexibility index (Phi) is 4.33. The van der Waals surface area contributed by atoms with E-state index in [-0.39, 0.29) is 6.10 Å². The van der Waals surface area contributed by atoms with Crippen molar-refractivity contribution in [3.63, 3.8) is 0 Å². The fourth-order valence-corrected chi connectivity index (χ4v) is 2.51. The fraction of sp³-hybridized carbons (Fsp3) is 0.333. The predicted octanol–water partition coefficient (Wildman–Crippen LogP) is 3.05. The molecule has 0 spiro atoms. The molecule has 22 heavy (non-hydrogen) atoms. The number of fused-ring (bicyclic) bond motifs is 1. The summed E-state index contributed by atoms with van der Waals surface area (Å²) in [6.45, 7) is 4.94. The summed E-state index contributed by atoms with van der Waals surface area (Å²) in [5.41, 5.74) is 0.836. The van der Waals surface area contributed by atoms with Gasteiger partial charge in [0.2, 0.25) is 0 Å². The van der Waals surface area contributed by atoms with E-state index < -0.39 is 0 Å². The second-order valence-electron chi connectivity index (χ2n) is 5.01. The summed E-state index contributed by atoms with van der Waals surface area (Å²) in [5.74, 6) is 2.04. The van der Waals surface area contributed by atoms with Crippen molar-refractivity contribution in [1.29, 1.82) is 0 Å². The Bertz CT molecular complexity index is 684. The van der Waals surface area contributed by atoms with Crippen LogP contribution >= 0.6 is 15.9 Å². The van der Waals surface area contributed by atoms with Crippen LogP contribution in [0.4, 0.5) is 0 Å². The number of hydrogen-bond acceptors (Lipinski definition) is 5. The van der Waals surface area contributed by atoms with E-state index in [2.05, 4.69) is 26.1 Å². The molecule has 2 heterocycles. The molecule has 1 aliphatic heterocycles. The van der Waals surface area contributed by atoms with Crippen molar-refractivity contribution in [2.45, 2.75) is 20.0 Å². The molecule has 0 amide bonds. The molecule has 1 aromatic heterocycles. The van der Waals surface area contributed by atoms with Gasteiger partial charge in [-0.15, -0.1) is 0 Å². The molecule has 0 N–H and O–H groups in total. The van der Waals surface area contributed by atoms with Gasteiger partial charge in [-0.3, -0.25) is 4.57 Å². The van der Waals surface area contributed by atoms with Crippen LogP contribution in [0.1, 0.15) is 19.4 Å². The molecule has 3 rings (SSSR count). The first-order valence-electron chi connectivity index (χ1n) is 6.97. The average molecular weight is 366 g/mol. The van der Waals surface area contributed by atoms with Crippen LogP contribution in [0.3, 0.4) is 0 Å². The van der Waals surface area contributed by atoms with Crippen molar-refractivity contribution in [2.24, 2.45) is 5.16 Å². The van der Waals surface area contributed by atoms with Crippen LogP contribution in [-0.4, -0.2) is 34.7 Å². The van der Waals surface area contributed by atoms with E-state index in [0.717, 1.165) is 15.8 Å². The molecule has 0 atom stereocenters. The average Bonchev–Trinajstić information content (AvgIpc) is 3.01. The molecule has 7 heteroatoms. The molecule has 1 aliphatic rings. The van der Waals surface area contributed by atoms with Gasteiger partial charge >= 0.3 is 0 Å². The zero-order chi connectivity index (χ0) is 15.5. The van der Waals surface area contributed by atoms with Crippen molar-refractivity contribution in [1.82, 2.24) is 9.55 Å². The number of benzene rings is 1. The Labute approximate surface area is 136 Å². The topological polar surface area (TPSA) is 57.9 Å². The molecule has 0 fully saturated rings. The first-order chi connectivity index (χ1) is 10.6. The lowest BCUT2D eigenvalue weighted by molar-refractivity contribution is 0.0853. The van der Waals surface area contributed by atoms with E-state index >= 15 is 0 Å². The number of rotatable bonds is 3. The smallest absolute Gasteiger partial charge is 0.186 e. The van der Waals surface area contributed by atoms with E-state index in [1.165, 1.54) is 0 Å². The van der Waals surface area contributed by atoms with Crippen LogP contribution in [0, 0.1) is 0 Å². The second-order valence-corrected chi connectivity index (χ2v) is 5.87. The molecule has 0 saturated carbocycles. The number of ether oxygens (including phenoxy) is 2. The van der Waals surface area contributed by atoms with Crippen molar-refractivity contribution in [2.75, 3.05) is 13.2 Å². The highest BCUT2D eigenvalue weighted by atomic mass is 79.9. The number of nitrogens with zero attached hydrogens (tertiary/aromatic N) is 3. The molecule has 0 radical (unpaired) electrons. The summed E-state index contributed by atoms with van der Waals surface area (Å²) in [4.78, 5) is 9.50. The molecule has 6 nitrogen and oxygen atoms in total. The minimum Gasteiger partial charge on any atom is -0.486 e. The third-order valence-corrected chi connectivity index (χ3v) is 3.63. The van der Waals surface area contributed by atoms with Gasteiger partial charge < -0.3 is 14.3 Å². The monoisotopic (exact) mass is 365 g/mol. The summed E-state index contributed by atoms with van der Waals surface area (Å²) >= 11 is 3.56. The first kappa shape index (κ1) is 14.9. The predicted molar refractivity (Wildman–Crippen MR) is 85.5 cm³/mol. The molecule has 0 aliphatic carbocycles. The molecular weight excluding hydrogens is 350 g/mol. The normalized spacial score (nSPS) is 14.3. The Morgan fingerprint density at radius 1 is 1.32 bits per heavy atom. The minimum atomic E-state index is -0.0190. The Morgan fingerprint density at radius 2 is 2.05 bits per heavy atom. The maximum atomic E-state index is 5.65. The summed E-state index contributed by atoms with van der Waals surface area (Å²) in [6.07, 6.45) is 5.16. The standard InChI is InChI=1S/C15H16BrN3O3/c1-10(2)22-18-15(19-4-3-17-9-19)11-7-13-14(8-12(11)16)21-6-5-20-13/h3-4,7-10H,5-6H2,1-2H3/b18-15-. The fourth-order valence-electron chi connectivity index (χ4n) is 2.01. The number of imidazole rings is 1. The van der Waals surface area contributed by atoms with Crippen molar-refractivity contribution in [3.05, 3.63) is 40.9 Å². The van der Waals surface area contributed by atoms with Gasteiger partial charge in [-0.2, -0.15) is 0 Å². The molecule has 0 bridgehead atoms. The van der Waals surface area contributed by atoms with E-state index in [0.29, 0.717) is 24.8 Å². The van der Waals surface area contributed by atoms with Gasteiger partial charge in [-0.25, -0.2) is 4.98 Å². The maximum absolute atomic E-state index is 5.65. The quantitative estimate of drug-likeness (QED) is 0.476. The maximum Gasteiger partial charge on any atom is 0.186 e. The van der Waals surface area contributed by atoms with E-state index in [1.807, 2.05) is 32.2 Å². The Morgan fingerprint density at radius 3 is 2.68 bits per heavy atom. The summed E-state index contributed by atoms with van der Waals surface area (Å²) < 4.78 is 13.9. The van der Waals surface area contributed by atoms with Gasteiger partial charge in [-0.1, -0.05) is 5.16 Å². The lowest BCUT2D eigenvalue weighted by Crippen LogP contribution is -2.18. The van der Waals surface area contributed by atoms with E-state index in [9.17, 15) is 0 Å². The number of aromatic nitrogens is 2. The van der Waals surface area contributed by atoms with Gasteiger partial charge in [0.25, 0.3) is 0 Å². The zero-order valence-electron chi connectivity index (χ0n) is 12.3.